The van der Waals surface area contributed by atoms with Crippen LogP contribution in [0.2, 0.25) is 0 Å². The van der Waals surface area contributed by atoms with Crippen LogP contribution in [-0.4, -0.2) is 96.7 Å². The van der Waals surface area contributed by atoms with Crippen molar-refractivity contribution < 1.29 is 80.2 Å². The molecule has 0 aromatic carbocycles. The summed E-state index contributed by atoms with van der Waals surface area (Å²) >= 11 is 0. The zero-order valence-electron chi connectivity index (χ0n) is 60.7. The van der Waals surface area contributed by atoms with Crippen LogP contribution in [0.5, 0.6) is 0 Å². The number of rotatable bonds is 72. The monoisotopic (exact) mass is 1370 g/mol. The number of phosphoric acid groups is 2. The maximum Gasteiger partial charge on any atom is 0.472 e. The third-order valence-corrected chi connectivity index (χ3v) is 19.4. The molecule has 0 bridgehead atoms. The molecule has 0 amide bonds. The Kier molecular flexibility index (Phi) is 63.4. The van der Waals surface area contributed by atoms with E-state index in [1.807, 2.05) is 0 Å². The van der Waals surface area contributed by atoms with Gasteiger partial charge in [-0.15, -0.1) is 0 Å². The van der Waals surface area contributed by atoms with Crippen molar-refractivity contribution in [2.75, 3.05) is 39.6 Å². The van der Waals surface area contributed by atoms with Gasteiger partial charge in [-0.2, -0.15) is 0 Å². The molecule has 0 fully saturated rings. The van der Waals surface area contributed by atoms with E-state index in [2.05, 4.69) is 48.5 Å². The van der Waals surface area contributed by atoms with E-state index in [1.165, 1.54) is 180 Å². The Bertz CT molecular complexity index is 1820. The van der Waals surface area contributed by atoms with Gasteiger partial charge in [-0.1, -0.05) is 325 Å². The van der Waals surface area contributed by atoms with Crippen molar-refractivity contribution in [2.45, 2.75) is 394 Å². The van der Waals surface area contributed by atoms with E-state index >= 15 is 0 Å². The van der Waals surface area contributed by atoms with Gasteiger partial charge in [0.25, 0.3) is 0 Å². The minimum absolute atomic E-state index is 0.106. The second-order valence-electron chi connectivity index (χ2n) is 27.9. The van der Waals surface area contributed by atoms with E-state index in [0.29, 0.717) is 25.7 Å². The van der Waals surface area contributed by atoms with Crippen molar-refractivity contribution in [3.8, 4) is 0 Å². The maximum absolute atomic E-state index is 13.1. The van der Waals surface area contributed by atoms with Gasteiger partial charge in [-0.05, 0) is 43.4 Å². The van der Waals surface area contributed by atoms with Crippen LogP contribution in [0.4, 0.5) is 0 Å². The van der Waals surface area contributed by atoms with Crippen molar-refractivity contribution in [3.05, 3.63) is 0 Å². The highest BCUT2D eigenvalue weighted by atomic mass is 31.2. The zero-order valence-corrected chi connectivity index (χ0v) is 62.5. The molecular weight excluding hydrogens is 1220 g/mol. The Labute approximate surface area is 568 Å². The van der Waals surface area contributed by atoms with Gasteiger partial charge in [0, 0.05) is 25.7 Å². The van der Waals surface area contributed by atoms with Crippen LogP contribution in [-0.2, 0) is 65.4 Å². The first-order valence-corrected chi connectivity index (χ1v) is 41.4. The summed E-state index contributed by atoms with van der Waals surface area (Å²) in [4.78, 5) is 72.7. The van der Waals surface area contributed by atoms with E-state index in [4.69, 9.17) is 37.0 Å². The quantitative estimate of drug-likeness (QED) is 0.0222. The van der Waals surface area contributed by atoms with Crippen LogP contribution >= 0.6 is 15.6 Å². The summed E-state index contributed by atoms with van der Waals surface area (Å²) < 4.78 is 68.5. The summed E-state index contributed by atoms with van der Waals surface area (Å²) in [5.41, 5.74) is 0. The number of carbonyl (C=O) groups excluding carboxylic acids is 4. The maximum atomic E-state index is 13.1. The van der Waals surface area contributed by atoms with Crippen molar-refractivity contribution in [2.24, 2.45) is 17.8 Å². The third-order valence-electron chi connectivity index (χ3n) is 17.5. The molecule has 0 rings (SSSR count). The highest BCUT2D eigenvalue weighted by molar-refractivity contribution is 7.47. The van der Waals surface area contributed by atoms with E-state index < -0.39 is 97.5 Å². The molecular formula is C74H144O17P2. The standard InChI is InChI=1S/C74H144O17P2/c1-8-10-11-12-13-14-15-18-22-29-34-43-50-57-74(79)91-70(62-85-72(77)56-49-42-37-36-40-47-54-67(7)9-2)64-89-93(82,83)87-60-68(75)59-86-92(80,81)88-63-69(61-84-71(76)55-48-41-33-28-25-24-27-32-39-46-53-66(5)6)90-73(78)58-51-44-35-30-23-20-17-16-19-21-26-31-38-45-52-65(3)4/h65-70,75H,8-64H2,1-7H3,(H,80,81)(H,82,83)/t67?,68-,69-,70-/m1/s1. The molecule has 3 unspecified atom stereocenters. The lowest BCUT2D eigenvalue weighted by Crippen LogP contribution is -2.30. The van der Waals surface area contributed by atoms with E-state index in [-0.39, 0.29) is 25.7 Å². The molecule has 0 spiro atoms. The molecule has 0 saturated heterocycles. The van der Waals surface area contributed by atoms with Gasteiger partial charge in [0.1, 0.15) is 19.3 Å². The van der Waals surface area contributed by atoms with Gasteiger partial charge < -0.3 is 33.8 Å². The zero-order chi connectivity index (χ0) is 68.7. The van der Waals surface area contributed by atoms with Crippen molar-refractivity contribution in [1.82, 2.24) is 0 Å². The molecule has 0 aliphatic heterocycles. The van der Waals surface area contributed by atoms with Crippen LogP contribution in [0, 0.1) is 17.8 Å². The van der Waals surface area contributed by atoms with Crippen molar-refractivity contribution in [3.63, 3.8) is 0 Å². The fourth-order valence-electron chi connectivity index (χ4n) is 11.2. The molecule has 0 aliphatic rings. The molecule has 552 valence electrons. The minimum Gasteiger partial charge on any atom is -0.462 e. The van der Waals surface area contributed by atoms with Gasteiger partial charge >= 0.3 is 39.5 Å². The Morgan fingerprint density at radius 3 is 0.817 bits per heavy atom. The van der Waals surface area contributed by atoms with Gasteiger partial charge in [0.05, 0.1) is 26.4 Å². The fourth-order valence-corrected chi connectivity index (χ4v) is 12.8. The first kappa shape index (κ1) is 91.1. The Balaban J connectivity index is 5.25. The summed E-state index contributed by atoms with van der Waals surface area (Å²) in [5, 5.41) is 10.6. The lowest BCUT2D eigenvalue weighted by molar-refractivity contribution is -0.161. The second-order valence-corrected chi connectivity index (χ2v) is 30.8. The number of unbranched alkanes of at least 4 members (excludes halogenated alkanes) is 39. The molecule has 93 heavy (non-hydrogen) atoms. The number of aliphatic hydroxyl groups is 1. The van der Waals surface area contributed by atoms with Crippen LogP contribution in [0.3, 0.4) is 0 Å². The Hall–Kier alpha value is -1.94. The van der Waals surface area contributed by atoms with Crippen molar-refractivity contribution in [1.29, 1.82) is 0 Å². The molecule has 0 aliphatic carbocycles. The number of ether oxygens (including phenoxy) is 4. The largest absolute Gasteiger partial charge is 0.472 e. The van der Waals surface area contributed by atoms with Gasteiger partial charge in [0.15, 0.2) is 12.2 Å². The Morgan fingerprint density at radius 2 is 0.548 bits per heavy atom. The second kappa shape index (κ2) is 64.7. The molecule has 19 heteroatoms. The van der Waals surface area contributed by atoms with Crippen LogP contribution < -0.4 is 0 Å². The van der Waals surface area contributed by atoms with E-state index in [9.17, 15) is 43.2 Å². The number of phosphoric ester groups is 2. The first-order valence-electron chi connectivity index (χ1n) is 38.4. The fraction of sp³-hybridized carbons (Fsp3) is 0.946. The molecule has 0 saturated carbocycles. The molecule has 0 radical (unpaired) electrons. The number of hydrogen-bond donors (Lipinski definition) is 3. The SMILES string of the molecule is CCCCCCCCCCCCCCCC(=O)O[C@H](COC(=O)CCCCCCCCC(C)CC)COP(=O)(O)OC[C@H](O)COP(=O)(O)OC[C@@H](COC(=O)CCCCCCCCCCCCC(C)C)OC(=O)CCCCCCCCCCCCCCCCC(C)C. The first-order chi connectivity index (χ1) is 44.8. The van der Waals surface area contributed by atoms with E-state index in [0.717, 1.165) is 114 Å². The molecule has 17 nitrogen and oxygen atoms in total. The third kappa shape index (κ3) is 67.0. The summed E-state index contributed by atoms with van der Waals surface area (Å²) in [5.74, 6) is 0.165. The van der Waals surface area contributed by atoms with Gasteiger partial charge in [-0.25, -0.2) is 9.13 Å². The number of aliphatic hydroxyl groups excluding tert-OH is 1. The number of carbonyl (C=O) groups is 4. The number of hydrogen-bond acceptors (Lipinski definition) is 15. The Morgan fingerprint density at radius 1 is 0.312 bits per heavy atom. The molecule has 6 atom stereocenters. The molecule has 0 heterocycles. The predicted molar refractivity (Wildman–Crippen MR) is 377 cm³/mol. The smallest absolute Gasteiger partial charge is 0.462 e. The summed E-state index contributed by atoms with van der Waals surface area (Å²) in [6.45, 7) is 11.9. The van der Waals surface area contributed by atoms with E-state index in [1.54, 1.807) is 0 Å². The lowest BCUT2D eigenvalue weighted by Gasteiger charge is -2.21. The summed E-state index contributed by atoms with van der Waals surface area (Å²) in [6.07, 6.45) is 49.9. The molecule has 0 aromatic rings. The highest BCUT2D eigenvalue weighted by Crippen LogP contribution is 2.45. The minimum atomic E-state index is -4.96. The van der Waals surface area contributed by atoms with Crippen LogP contribution in [0.1, 0.15) is 376 Å². The topological polar surface area (TPSA) is 237 Å². The average Bonchev–Trinajstić information content (AvgIpc) is 2.45. The van der Waals surface area contributed by atoms with Gasteiger partial charge in [0.2, 0.25) is 0 Å². The lowest BCUT2D eigenvalue weighted by atomic mass is 10.00. The average molecular weight is 1370 g/mol. The number of esters is 4. The highest BCUT2D eigenvalue weighted by Gasteiger charge is 2.30. The molecule has 3 N–H and O–H groups in total. The normalized spacial score (nSPS) is 14.4. The summed E-state index contributed by atoms with van der Waals surface area (Å²) in [6, 6.07) is 0. The van der Waals surface area contributed by atoms with Crippen LogP contribution in [0.15, 0.2) is 0 Å². The summed E-state index contributed by atoms with van der Waals surface area (Å²) in [7, 11) is -9.91. The predicted octanol–water partition coefficient (Wildman–Crippen LogP) is 21.4. The van der Waals surface area contributed by atoms with Crippen LogP contribution in [0.25, 0.3) is 0 Å². The van der Waals surface area contributed by atoms with Crippen molar-refractivity contribution >= 4 is 39.5 Å². The van der Waals surface area contributed by atoms with Gasteiger partial charge in [-0.3, -0.25) is 37.3 Å². The molecule has 0 aromatic heterocycles.